The highest BCUT2D eigenvalue weighted by Crippen LogP contribution is 2.31. The zero-order valence-electron chi connectivity index (χ0n) is 12.5. The summed E-state index contributed by atoms with van der Waals surface area (Å²) in [6.45, 7) is 2.74. The molecule has 4 aromatic rings. The first-order chi connectivity index (χ1) is 11.3. The van der Waals surface area contributed by atoms with Gasteiger partial charge in [0.25, 0.3) is 0 Å². The highest BCUT2D eigenvalue weighted by molar-refractivity contribution is 7.19. The zero-order valence-corrected chi connectivity index (χ0v) is 13.3. The third-order valence-electron chi connectivity index (χ3n) is 4.08. The maximum Gasteiger partial charge on any atom is 0.235 e. The van der Waals surface area contributed by atoms with Crippen molar-refractivity contribution in [3.63, 3.8) is 0 Å². The van der Waals surface area contributed by atoms with Crippen molar-refractivity contribution in [1.82, 2.24) is 29.8 Å². The number of aromatic nitrogens is 6. The first-order valence-corrected chi connectivity index (χ1v) is 8.40. The predicted octanol–water partition coefficient (Wildman–Crippen LogP) is 2.89. The van der Waals surface area contributed by atoms with E-state index < -0.39 is 0 Å². The Morgan fingerprint density at radius 1 is 1.35 bits per heavy atom. The fraction of sp³-hybridized carbons (Fsp3) is 0.333. The lowest BCUT2D eigenvalue weighted by molar-refractivity contribution is 0.103. The minimum absolute atomic E-state index is 0.0117. The predicted molar refractivity (Wildman–Crippen MR) is 86.4 cm³/mol. The van der Waals surface area contributed by atoms with Crippen molar-refractivity contribution < 1.29 is 4.74 Å². The molecule has 5 rings (SSSR count). The molecule has 1 unspecified atom stereocenters. The number of ether oxygens (including phenoxy) is 1. The SMILES string of the molecule is Cc1nc2ccc(-c3nn4c(C5CCCO5)nnc4s3)cc2[nH]1. The molecule has 1 atom stereocenters. The fourth-order valence-corrected chi connectivity index (χ4v) is 3.84. The third kappa shape index (κ3) is 2.06. The van der Waals surface area contributed by atoms with Crippen LogP contribution >= 0.6 is 11.3 Å². The summed E-state index contributed by atoms with van der Waals surface area (Å²) in [6, 6.07) is 6.13. The Labute approximate surface area is 135 Å². The van der Waals surface area contributed by atoms with E-state index in [0.29, 0.717) is 0 Å². The molecule has 4 heterocycles. The molecule has 1 fully saturated rings. The standard InChI is InChI=1S/C15H14N6OS/c1-8-16-10-5-4-9(7-11(10)17-8)14-20-21-13(12-3-2-6-22-12)18-19-15(21)23-14/h4-5,7,12H,2-3,6H2,1H3,(H,16,17). The molecule has 1 aromatic carbocycles. The Kier molecular flexibility index (Phi) is 2.77. The summed E-state index contributed by atoms with van der Waals surface area (Å²) in [7, 11) is 0. The molecule has 8 heteroatoms. The quantitative estimate of drug-likeness (QED) is 0.612. The van der Waals surface area contributed by atoms with E-state index in [1.54, 1.807) is 0 Å². The van der Waals surface area contributed by atoms with E-state index in [-0.39, 0.29) is 6.10 Å². The number of aryl methyl sites for hydroxylation is 1. The number of imidazole rings is 1. The molecule has 0 amide bonds. The van der Waals surface area contributed by atoms with Crippen LogP contribution in [0.4, 0.5) is 0 Å². The van der Waals surface area contributed by atoms with Gasteiger partial charge in [-0.1, -0.05) is 11.3 Å². The van der Waals surface area contributed by atoms with Crippen molar-refractivity contribution in [2.24, 2.45) is 0 Å². The van der Waals surface area contributed by atoms with Crippen LogP contribution in [0.25, 0.3) is 26.6 Å². The van der Waals surface area contributed by atoms with Crippen LogP contribution in [-0.2, 0) is 4.74 Å². The smallest absolute Gasteiger partial charge is 0.235 e. The molecule has 1 N–H and O–H groups in total. The van der Waals surface area contributed by atoms with Crippen LogP contribution in [0.15, 0.2) is 18.2 Å². The number of rotatable bonds is 2. The van der Waals surface area contributed by atoms with Gasteiger partial charge in [-0.25, -0.2) is 4.98 Å². The van der Waals surface area contributed by atoms with Crippen LogP contribution in [0.1, 0.15) is 30.6 Å². The summed E-state index contributed by atoms with van der Waals surface area (Å²) < 4.78 is 7.53. The second kappa shape index (κ2) is 4.84. The number of nitrogens with one attached hydrogen (secondary N) is 1. The zero-order chi connectivity index (χ0) is 15.4. The van der Waals surface area contributed by atoms with Crippen LogP contribution in [0.5, 0.6) is 0 Å². The van der Waals surface area contributed by atoms with Gasteiger partial charge in [0.2, 0.25) is 4.96 Å². The van der Waals surface area contributed by atoms with Gasteiger partial charge < -0.3 is 9.72 Å². The number of fused-ring (bicyclic) bond motifs is 2. The van der Waals surface area contributed by atoms with Gasteiger partial charge in [-0.05, 0) is 38.0 Å². The normalized spacial score (nSPS) is 18.4. The van der Waals surface area contributed by atoms with Crippen molar-refractivity contribution in [2.75, 3.05) is 6.61 Å². The van der Waals surface area contributed by atoms with E-state index in [4.69, 9.17) is 9.84 Å². The monoisotopic (exact) mass is 326 g/mol. The summed E-state index contributed by atoms with van der Waals surface area (Å²) >= 11 is 1.53. The molecule has 0 aliphatic carbocycles. The van der Waals surface area contributed by atoms with Crippen molar-refractivity contribution in [2.45, 2.75) is 25.9 Å². The lowest BCUT2D eigenvalue weighted by atomic mass is 10.2. The topological polar surface area (TPSA) is 81.0 Å². The summed E-state index contributed by atoms with van der Waals surface area (Å²) in [5.41, 5.74) is 3.04. The van der Waals surface area contributed by atoms with Crippen LogP contribution in [0, 0.1) is 6.92 Å². The summed E-state index contributed by atoms with van der Waals surface area (Å²) in [6.07, 6.45) is 2.05. The van der Waals surface area contributed by atoms with Crippen molar-refractivity contribution >= 4 is 27.3 Å². The average Bonchev–Trinajstić information content (AvgIpc) is 3.28. The second-order valence-electron chi connectivity index (χ2n) is 5.72. The Balaban J connectivity index is 1.61. The van der Waals surface area contributed by atoms with E-state index in [9.17, 15) is 0 Å². The Morgan fingerprint density at radius 3 is 3.17 bits per heavy atom. The lowest BCUT2D eigenvalue weighted by Crippen LogP contribution is -2.03. The lowest BCUT2D eigenvalue weighted by Gasteiger charge is -2.04. The molecular formula is C15H14N6OS. The Morgan fingerprint density at radius 2 is 2.30 bits per heavy atom. The summed E-state index contributed by atoms with van der Waals surface area (Å²) in [5, 5.41) is 14.1. The van der Waals surface area contributed by atoms with E-state index in [2.05, 4.69) is 26.2 Å². The maximum absolute atomic E-state index is 5.71. The van der Waals surface area contributed by atoms with Crippen LogP contribution in [0.3, 0.4) is 0 Å². The van der Waals surface area contributed by atoms with Gasteiger partial charge in [0.15, 0.2) is 5.82 Å². The van der Waals surface area contributed by atoms with Crippen LogP contribution in [0.2, 0.25) is 0 Å². The number of hydrogen-bond acceptors (Lipinski definition) is 6. The van der Waals surface area contributed by atoms with Gasteiger partial charge in [0.05, 0.1) is 11.0 Å². The Hall–Kier alpha value is -2.32. The van der Waals surface area contributed by atoms with Crippen LogP contribution in [-0.4, -0.2) is 36.4 Å². The average molecular weight is 326 g/mol. The van der Waals surface area contributed by atoms with Gasteiger partial charge in [0.1, 0.15) is 16.9 Å². The number of benzene rings is 1. The van der Waals surface area contributed by atoms with Gasteiger partial charge in [-0.2, -0.15) is 9.61 Å². The maximum atomic E-state index is 5.71. The number of hydrogen-bond donors (Lipinski definition) is 1. The van der Waals surface area contributed by atoms with Gasteiger partial charge in [-0.3, -0.25) is 0 Å². The van der Waals surface area contributed by atoms with Gasteiger partial charge in [-0.15, -0.1) is 10.2 Å². The van der Waals surface area contributed by atoms with E-state index in [0.717, 1.165) is 57.7 Å². The van der Waals surface area contributed by atoms with Crippen molar-refractivity contribution in [3.8, 4) is 10.6 Å². The first-order valence-electron chi connectivity index (χ1n) is 7.58. The van der Waals surface area contributed by atoms with E-state index in [1.807, 2.05) is 23.6 Å². The molecule has 0 saturated carbocycles. The summed E-state index contributed by atoms with van der Waals surface area (Å²) in [4.78, 5) is 8.49. The highest BCUT2D eigenvalue weighted by Gasteiger charge is 2.25. The van der Waals surface area contributed by atoms with E-state index >= 15 is 0 Å². The molecule has 23 heavy (non-hydrogen) atoms. The fourth-order valence-electron chi connectivity index (χ4n) is 3.00. The molecule has 1 aliphatic rings. The third-order valence-corrected chi connectivity index (χ3v) is 5.03. The van der Waals surface area contributed by atoms with Crippen molar-refractivity contribution in [3.05, 3.63) is 29.8 Å². The highest BCUT2D eigenvalue weighted by atomic mass is 32.1. The molecule has 116 valence electrons. The molecule has 0 radical (unpaired) electrons. The van der Waals surface area contributed by atoms with E-state index in [1.165, 1.54) is 11.3 Å². The molecule has 7 nitrogen and oxygen atoms in total. The molecule has 3 aromatic heterocycles. The largest absolute Gasteiger partial charge is 0.370 e. The number of aromatic amines is 1. The van der Waals surface area contributed by atoms with Gasteiger partial charge in [0, 0.05) is 12.2 Å². The molecule has 1 aliphatic heterocycles. The van der Waals surface area contributed by atoms with Gasteiger partial charge >= 0.3 is 0 Å². The minimum Gasteiger partial charge on any atom is -0.370 e. The molecular weight excluding hydrogens is 312 g/mol. The number of nitrogens with zero attached hydrogens (tertiary/aromatic N) is 5. The Bertz CT molecular complexity index is 1010. The molecule has 0 bridgehead atoms. The first kappa shape index (κ1) is 13.1. The number of H-pyrrole nitrogens is 1. The minimum atomic E-state index is 0.0117. The van der Waals surface area contributed by atoms with Crippen LogP contribution < -0.4 is 0 Å². The summed E-state index contributed by atoms with van der Waals surface area (Å²) in [5.74, 6) is 1.72. The second-order valence-corrected chi connectivity index (χ2v) is 6.67. The van der Waals surface area contributed by atoms with Crippen molar-refractivity contribution in [1.29, 1.82) is 0 Å². The molecule has 1 saturated heterocycles. The molecule has 0 spiro atoms.